The van der Waals surface area contributed by atoms with Gasteiger partial charge in [-0.2, -0.15) is 0 Å². The van der Waals surface area contributed by atoms with Crippen LogP contribution in [0.3, 0.4) is 0 Å². The van der Waals surface area contributed by atoms with Crippen molar-refractivity contribution in [2.75, 3.05) is 23.5 Å². The smallest absolute Gasteiger partial charge is 0.297 e. The Morgan fingerprint density at radius 2 is 1.73 bits per heavy atom. The van der Waals surface area contributed by atoms with Gasteiger partial charge in [-0.25, -0.2) is 0 Å². The van der Waals surface area contributed by atoms with E-state index in [2.05, 4.69) is 15.9 Å². The molecule has 0 aliphatic rings. The Morgan fingerprint density at radius 1 is 1.10 bits per heavy atom. The van der Waals surface area contributed by atoms with Gasteiger partial charge in [0.25, 0.3) is 5.03 Å². The maximum atomic E-state index is 12.2. The van der Waals surface area contributed by atoms with E-state index in [1.165, 1.54) is 23.4 Å². The van der Waals surface area contributed by atoms with Gasteiger partial charge in [-0.3, -0.25) is 9.59 Å². The Kier molecular flexibility index (Phi) is 6.91. The van der Waals surface area contributed by atoms with E-state index in [9.17, 15) is 14.7 Å². The zero-order valence-corrected chi connectivity index (χ0v) is 17.2. The van der Waals surface area contributed by atoms with Crippen molar-refractivity contribution in [3.8, 4) is 17.4 Å². The fraction of sp³-hybridized carbons (Fsp3) is 0.200. The summed E-state index contributed by atoms with van der Waals surface area (Å²) in [5.41, 5.74) is 1.91. The number of nitrogens with zero attached hydrogens (tertiary/aromatic N) is 2. The number of nitrogens with one attached hydrogen (secondary N) is 2. The molecule has 1 aromatic heterocycles. The second-order valence-corrected chi connectivity index (χ2v) is 7.26. The number of carbonyl (C=O) groups excluding carboxylic acids is 2. The molecule has 0 radical (unpaired) electrons. The Hall–Kier alpha value is -3.53. The summed E-state index contributed by atoms with van der Waals surface area (Å²) >= 11 is 1.19. The molecule has 0 saturated carbocycles. The predicted octanol–water partition coefficient (Wildman–Crippen LogP) is 2.11. The first-order chi connectivity index (χ1) is 14.5. The first-order valence-electron chi connectivity index (χ1n) is 9.00. The van der Waals surface area contributed by atoms with E-state index in [-0.39, 0.29) is 23.3 Å². The Bertz CT molecular complexity index is 1020. The lowest BCUT2D eigenvalue weighted by molar-refractivity contribution is -0.705. The second-order valence-electron chi connectivity index (χ2n) is 6.18. The maximum absolute atomic E-state index is 12.2. The van der Waals surface area contributed by atoms with Crippen LogP contribution in [0.1, 0.15) is 13.3 Å². The number of thioether (sulfide) groups is 1. The van der Waals surface area contributed by atoms with Crippen molar-refractivity contribution in [1.82, 2.24) is 5.27 Å². The molecule has 2 amide bonds. The van der Waals surface area contributed by atoms with Crippen LogP contribution in [0.25, 0.3) is 5.69 Å². The van der Waals surface area contributed by atoms with Crippen LogP contribution in [0.4, 0.5) is 11.4 Å². The number of benzene rings is 2. The van der Waals surface area contributed by atoms with Crippen LogP contribution in [0.15, 0.2) is 58.1 Å². The number of anilines is 2. The first-order valence-corrected chi connectivity index (χ1v) is 9.98. The fourth-order valence-corrected chi connectivity index (χ4v) is 3.45. The molecule has 0 spiro atoms. The van der Waals surface area contributed by atoms with Crippen LogP contribution in [0, 0.1) is 0 Å². The summed E-state index contributed by atoms with van der Waals surface area (Å²) in [6.45, 7) is 1.43. The van der Waals surface area contributed by atoms with Crippen molar-refractivity contribution in [3.63, 3.8) is 0 Å². The van der Waals surface area contributed by atoms with Gasteiger partial charge in [0.2, 0.25) is 17.5 Å². The summed E-state index contributed by atoms with van der Waals surface area (Å²) in [6.07, 6.45) is 0.186. The first kappa shape index (κ1) is 21.2. The van der Waals surface area contributed by atoms with Crippen LogP contribution >= 0.6 is 11.8 Å². The van der Waals surface area contributed by atoms with Gasteiger partial charge >= 0.3 is 0 Å². The van der Waals surface area contributed by atoms with E-state index in [1.807, 2.05) is 0 Å². The van der Waals surface area contributed by atoms with Gasteiger partial charge in [-0.05, 0) is 41.1 Å². The Labute approximate surface area is 177 Å². The number of ether oxygens (including phenoxy) is 1. The second kappa shape index (κ2) is 9.79. The number of amides is 2. The number of hydrogen-bond donors (Lipinski definition) is 2. The molecule has 156 valence electrons. The average Bonchev–Trinajstić information content (AvgIpc) is 3.09. The highest BCUT2D eigenvalue weighted by Crippen LogP contribution is 2.24. The lowest BCUT2D eigenvalue weighted by atomic mass is 10.2. The fourth-order valence-electron chi connectivity index (χ4n) is 2.55. The molecule has 0 aliphatic heterocycles. The number of methoxy groups -OCH3 is 1. The van der Waals surface area contributed by atoms with Gasteiger partial charge in [0.1, 0.15) is 5.75 Å². The molecule has 3 aromatic rings. The van der Waals surface area contributed by atoms with Crippen molar-refractivity contribution in [2.45, 2.75) is 18.4 Å². The van der Waals surface area contributed by atoms with Crippen LogP contribution < -0.4 is 25.2 Å². The molecule has 10 heteroatoms. The maximum Gasteiger partial charge on any atom is 0.297 e. The zero-order valence-electron chi connectivity index (χ0n) is 16.4. The highest BCUT2D eigenvalue weighted by Gasteiger charge is 2.21. The van der Waals surface area contributed by atoms with Gasteiger partial charge in [-0.15, -0.1) is 0 Å². The quantitative estimate of drug-likeness (QED) is 0.416. The summed E-state index contributed by atoms with van der Waals surface area (Å²) in [6, 6.07) is 13.8. The molecule has 0 bridgehead atoms. The Morgan fingerprint density at radius 3 is 2.33 bits per heavy atom. The number of rotatable bonds is 8. The molecule has 0 atom stereocenters. The molecule has 0 fully saturated rings. The van der Waals surface area contributed by atoms with E-state index >= 15 is 0 Å². The van der Waals surface area contributed by atoms with E-state index in [4.69, 9.17) is 9.26 Å². The van der Waals surface area contributed by atoms with Crippen LogP contribution in [-0.2, 0) is 9.59 Å². The van der Waals surface area contributed by atoms with Crippen LogP contribution in [0.2, 0.25) is 0 Å². The minimum absolute atomic E-state index is 0.165. The molecule has 0 unspecified atom stereocenters. The molecule has 0 aliphatic carbocycles. The van der Waals surface area contributed by atoms with Crippen molar-refractivity contribution >= 4 is 35.0 Å². The normalized spacial score (nSPS) is 10.5. The summed E-state index contributed by atoms with van der Waals surface area (Å²) in [4.78, 5) is 23.2. The molecule has 2 N–H and O–H groups in total. The van der Waals surface area contributed by atoms with Crippen molar-refractivity contribution in [3.05, 3.63) is 48.5 Å². The van der Waals surface area contributed by atoms with Gasteiger partial charge in [-0.1, -0.05) is 11.8 Å². The van der Waals surface area contributed by atoms with E-state index in [0.29, 0.717) is 28.6 Å². The zero-order chi connectivity index (χ0) is 21.5. The van der Waals surface area contributed by atoms with Gasteiger partial charge < -0.3 is 25.0 Å². The minimum atomic E-state index is -0.565. The number of carbonyl (C=O) groups is 2. The summed E-state index contributed by atoms with van der Waals surface area (Å²) in [7, 11) is 1.57. The third kappa shape index (κ3) is 5.51. The lowest BCUT2D eigenvalue weighted by Crippen LogP contribution is -2.34. The molecule has 9 nitrogen and oxygen atoms in total. The molecular formula is C20H20N4O5S. The molecule has 1 heterocycles. The third-order valence-corrected chi connectivity index (χ3v) is 4.97. The number of hydrogen-bond acceptors (Lipinski definition) is 7. The predicted molar refractivity (Wildman–Crippen MR) is 109 cm³/mol. The standard InChI is InChI=1S/C20H20N4O5S/c1-13(25)21-14-3-5-15(6-4-14)22-18(26)11-12-30-19-20(27)29-23-24(19)16-7-9-17(28-2)10-8-16/h3-10,23,27H,11-12H2,1-2H3. The SMILES string of the molecule is COc1ccc(-[n+]2noc([O-])c2SCCC(=O)Nc2ccc(NC(C)=O)cc2)cc1. The van der Waals surface area contributed by atoms with Gasteiger partial charge in [0, 0.05) is 42.6 Å². The van der Waals surface area contributed by atoms with E-state index in [1.54, 1.807) is 55.6 Å². The van der Waals surface area contributed by atoms with E-state index in [0.717, 1.165) is 0 Å². The summed E-state index contributed by atoms with van der Waals surface area (Å²) in [5.74, 6) is 0.116. The molecular weight excluding hydrogens is 408 g/mol. The molecule has 30 heavy (non-hydrogen) atoms. The molecule has 3 rings (SSSR count). The minimum Gasteiger partial charge on any atom is -0.538 e. The summed E-state index contributed by atoms with van der Waals surface area (Å²) in [5, 5.41) is 21.5. The highest BCUT2D eigenvalue weighted by molar-refractivity contribution is 7.99. The van der Waals surface area contributed by atoms with Crippen molar-refractivity contribution in [2.24, 2.45) is 0 Å². The molecule has 2 aromatic carbocycles. The topological polar surface area (TPSA) is 120 Å². The van der Waals surface area contributed by atoms with Crippen molar-refractivity contribution < 1.29 is 28.6 Å². The Balaban J connectivity index is 1.55. The highest BCUT2D eigenvalue weighted by atomic mass is 32.2. The van der Waals surface area contributed by atoms with Crippen LogP contribution in [-0.4, -0.2) is 29.9 Å². The van der Waals surface area contributed by atoms with E-state index < -0.39 is 5.95 Å². The average molecular weight is 428 g/mol. The molecule has 0 saturated heterocycles. The third-order valence-electron chi connectivity index (χ3n) is 3.95. The van der Waals surface area contributed by atoms with Gasteiger partial charge in [0.05, 0.1) is 12.4 Å². The lowest BCUT2D eigenvalue weighted by Gasteiger charge is -2.06. The number of aromatic nitrogens is 2. The largest absolute Gasteiger partial charge is 0.538 e. The van der Waals surface area contributed by atoms with Crippen molar-refractivity contribution in [1.29, 1.82) is 0 Å². The van der Waals surface area contributed by atoms with Gasteiger partial charge in [0.15, 0.2) is 5.95 Å². The summed E-state index contributed by atoms with van der Waals surface area (Å²) < 4.78 is 11.3. The monoisotopic (exact) mass is 428 g/mol. The van der Waals surface area contributed by atoms with Crippen LogP contribution in [0.5, 0.6) is 11.7 Å².